The molecule has 6 aromatic rings. The molecule has 16 bridgehead atoms. The van der Waals surface area contributed by atoms with Crippen molar-refractivity contribution < 1.29 is 0 Å². The molecule has 0 unspecified atom stereocenters. The highest BCUT2D eigenvalue weighted by molar-refractivity contribution is 6.39. The minimum atomic E-state index is 0.384. The highest BCUT2D eigenvalue weighted by Crippen LogP contribution is 2.66. The van der Waals surface area contributed by atoms with Crippen molar-refractivity contribution in [3.05, 3.63) is 95.1 Å². The largest absolute Gasteiger partial charge is 0.0578 e. The second-order valence-electron chi connectivity index (χ2n) is 28.6. The molecule has 0 saturated heterocycles. The standard InChI is InChI=1S/C66H72/c1-5-53-54-6-2-50(64-28-40-12-41(29-64)14-42(13-40)30-64)22-58(54)62-60-24-52(66-34-46-18-47(35-66)20-48(19-46)36-66)4-8-56(60)55-7-3-51(65-31-43-15-44(32-65)17-45(16-43)33-65)23-59(55)61(62)57(53)21-49(1)63-25-37-9-38(26-63)11-39(10-37)27-63/h1-8,21-24,37-48H,9-20,25-36H2. The Morgan fingerprint density at radius 3 is 0.545 bits per heavy atom. The molecule has 22 rings (SSSR count). The van der Waals surface area contributed by atoms with E-state index >= 15 is 0 Å². The van der Waals surface area contributed by atoms with Gasteiger partial charge in [-0.25, -0.2) is 0 Å². The molecule has 0 N–H and O–H groups in total. The zero-order valence-electron chi connectivity index (χ0n) is 39.8. The molecule has 0 radical (unpaired) electrons. The Labute approximate surface area is 393 Å². The van der Waals surface area contributed by atoms with E-state index in [1.807, 2.05) is 0 Å². The molecule has 0 aliphatic heterocycles. The van der Waals surface area contributed by atoms with Crippen molar-refractivity contribution in [3.8, 4) is 0 Å². The van der Waals surface area contributed by atoms with Crippen LogP contribution in [-0.4, -0.2) is 0 Å². The summed E-state index contributed by atoms with van der Waals surface area (Å²) in [6.45, 7) is 0. The summed E-state index contributed by atoms with van der Waals surface area (Å²) in [5.74, 6) is 11.5. The van der Waals surface area contributed by atoms with Crippen LogP contribution < -0.4 is 0 Å². The normalized spacial score (nSPS) is 45.3. The first-order valence-electron chi connectivity index (χ1n) is 28.6. The molecule has 16 fully saturated rings. The summed E-state index contributed by atoms with van der Waals surface area (Å²) in [7, 11) is 0. The first-order valence-corrected chi connectivity index (χ1v) is 28.6. The molecule has 6 aromatic carbocycles. The highest BCUT2D eigenvalue weighted by Gasteiger charge is 2.55. The maximum Gasteiger partial charge on any atom is -0.00137 e. The molecule has 0 nitrogen and oxygen atoms in total. The summed E-state index contributed by atoms with van der Waals surface area (Å²) in [5.41, 5.74) is 8.40. The van der Waals surface area contributed by atoms with E-state index in [9.17, 15) is 0 Å². The van der Waals surface area contributed by atoms with Crippen LogP contribution in [-0.2, 0) is 21.7 Å². The van der Waals surface area contributed by atoms with Gasteiger partial charge in [-0.1, -0.05) is 48.5 Å². The van der Waals surface area contributed by atoms with Gasteiger partial charge in [0.05, 0.1) is 0 Å². The summed E-state index contributed by atoms with van der Waals surface area (Å²) in [4.78, 5) is 0. The fourth-order valence-electron chi connectivity index (χ4n) is 23.9. The van der Waals surface area contributed by atoms with Gasteiger partial charge in [0.25, 0.3) is 0 Å². The van der Waals surface area contributed by atoms with E-state index in [2.05, 4.69) is 72.8 Å². The summed E-state index contributed by atoms with van der Waals surface area (Å²) in [5, 5.41) is 15.9. The van der Waals surface area contributed by atoms with E-state index in [0.717, 1.165) is 71.0 Å². The Hall–Kier alpha value is -3.38. The van der Waals surface area contributed by atoms with Crippen LogP contribution in [0.25, 0.3) is 53.9 Å². The quantitative estimate of drug-likeness (QED) is 0.155. The van der Waals surface area contributed by atoms with Crippen molar-refractivity contribution in [2.24, 2.45) is 71.0 Å². The van der Waals surface area contributed by atoms with Gasteiger partial charge in [-0.15, -0.1) is 0 Å². The van der Waals surface area contributed by atoms with E-state index in [1.165, 1.54) is 154 Å². The second-order valence-corrected chi connectivity index (χ2v) is 28.6. The fraction of sp³-hybridized carbons (Fsp3) is 0.606. The smallest absolute Gasteiger partial charge is 0.00137 e. The second kappa shape index (κ2) is 12.5. The molecule has 16 saturated carbocycles. The fourth-order valence-corrected chi connectivity index (χ4v) is 23.9. The lowest BCUT2D eigenvalue weighted by molar-refractivity contribution is -0.00526. The van der Waals surface area contributed by atoms with Gasteiger partial charge in [0.2, 0.25) is 0 Å². The number of rotatable bonds is 4. The Kier molecular flexibility index (Phi) is 7.10. The first kappa shape index (κ1) is 37.5. The molecule has 0 heterocycles. The third-order valence-corrected chi connectivity index (χ3v) is 24.6. The van der Waals surface area contributed by atoms with Gasteiger partial charge in [-0.05, 0) is 347 Å². The minimum Gasteiger partial charge on any atom is -0.0578 e. The van der Waals surface area contributed by atoms with Crippen molar-refractivity contribution in [2.45, 2.75) is 176 Å². The van der Waals surface area contributed by atoms with Gasteiger partial charge in [0, 0.05) is 0 Å². The van der Waals surface area contributed by atoms with Crippen LogP contribution in [0.15, 0.2) is 72.8 Å². The molecule has 0 heteroatoms. The predicted molar refractivity (Wildman–Crippen MR) is 273 cm³/mol. The van der Waals surface area contributed by atoms with E-state index in [4.69, 9.17) is 0 Å². The van der Waals surface area contributed by atoms with Crippen molar-refractivity contribution >= 4 is 53.9 Å². The van der Waals surface area contributed by atoms with Crippen LogP contribution in [0.3, 0.4) is 0 Å². The Bertz CT molecular complexity index is 2580. The van der Waals surface area contributed by atoms with Gasteiger partial charge >= 0.3 is 0 Å². The van der Waals surface area contributed by atoms with Crippen molar-refractivity contribution in [1.82, 2.24) is 0 Å². The average Bonchev–Trinajstić information content (AvgIpc) is 3.29. The van der Waals surface area contributed by atoms with Gasteiger partial charge in [0.15, 0.2) is 0 Å². The van der Waals surface area contributed by atoms with Crippen molar-refractivity contribution in [3.63, 3.8) is 0 Å². The van der Waals surface area contributed by atoms with Gasteiger partial charge in [-0.3, -0.25) is 0 Å². The molecule has 0 spiro atoms. The van der Waals surface area contributed by atoms with Crippen LogP contribution in [0.4, 0.5) is 0 Å². The van der Waals surface area contributed by atoms with Gasteiger partial charge < -0.3 is 0 Å². The SMILES string of the molecule is c1cc2c3ccc(C45CC6CC(CC(C6)C4)C5)cc3c3c4cc(C56CC7CC(CC(C7)C5)C6)ccc4c4ccc(C56CC7CC(CC(C7)C5)C6)cc4c3c2cc1C12CC3CC(CC(C3)C1)C2. The van der Waals surface area contributed by atoms with Crippen LogP contribution in [0.2, 0.25) is 0 Å². The zero-order chi connectivity index (χ0) is 42.5. The summed E-state index contributed by atoms with van der Waals surface area (Å²) < 4.78 is 0. The molecular weight excluding hydrogens is 793 g/mol. The summed E-state index contributed by atoms with van der Waals surface area (Å²) >= 11 is 0. The Morgan fingerprint density at radius 2 is 0.379 bits per heavy atom. The lowest BCUT2D eigenvalue weighted by Gasteiger charge is -2.57. The van der Waals surface area contributed by atoms with E-state index in [0.29, 0.717) is 21.7 Å². The topological polar surface area (TPSA) is 0 Å². The Morgan fingerprint density at radius 1 is 0.212 bits per heavy atom. The van der Waals surface area contributed by atoms with Crippen LogP contribution in [0.5, 0.6) is 0 Å². The van der Waals surface area contributed by atoms with Crippen molar-refractivity contribution in [2.75, 3.05) is 0 Å². The molecule has 0 amide bonds. The van der Waals surface area contributed by atoms with Crippen LogP contribution >= 0.6 is 0 Å². The highest BCUT2D eigenvalue weighted by atomic mass is 14.6. The molecule has 0 aromatic heterocycles. The maximum atomic E-state index is 2.88. The lowest BCUT2D eigenvalue weighted by atomic mass is 9.48. The minimum absolute atomic E-state index is 0.384. The van der Waals surface area contributed by atoms with Gasteiger partial charge in [-0.2, -0.15) is 0 Å². The van der Waals surface area contributed by atoms with Crippen molar-refractivity contribution in [1.29, 1.82) is 0 Å². The summed E-state index contributed by atoms with van der Waals surface area (Å²) in [6, 6.07) is 33.1. The zero-order valence-corrected chi connectivity index (χ0v) is 39.8. The van der Waals surface area contributed by atoms with Gasteiger partial charge in [0.1, 0.15) is 0 Å². The van der Waals surface area contributed by atoms with E-state index < -0.39 is 0 Å². The Balaban J connectivity index is 0.956. The summed E-state index contributed by atoms with van der Waals surface area (Å²) in [6.07, 6.45) is 35.5. The first-order chi connectivity index (χ1) is 32.3. The monoisotopic (exact) mass is 865 g/mol. The van der Waals surface area contributed by atoms with Crippen LogP contribution in [0.1, 0.15) is 176 Å². The molecular formula is C66H72. The number of hydrogen-bond donors (Lipinski definition) is 0. The third-order valence-electron chi connectivity index (χ3n) is 24.6. The predicted octanol–water partition coefficient (Wildman–Crippen LogP) is 17.3. The average molecular weight is 865 g/mol. The third kappa shape index (κ3) is 4.95. The van der Waals surface area contributed by atoms with E-state index in [1.54, 1.807) is 76.1 Å². The molecule has 336 valence electrons. The number of benzene rings is 6. The maximum absolute atomic E-state index is 2.88. The number of hydrogen-bond acceptors (Lipinski definition) is 0. The molecule has 66 heavy (non-hydrogen) atoms. The van der Waals surface area contributed by atoms with Crippen LogP contribution in [0, 0.1) is 71.0 Å². The molecule has 16 aliphatic carbocycles. The number of fused-ring (bicyclic) bond motifs is 11. The lowest BCUT2D eigenvalue weighted by Crippen LogP contribution is -2.48. The molecule has 0 atom stereocenters. The van der Waals surface area contributed by atoms with E-state index in [-0.39, 0.29) is 0 Å². The molecule has 16 aliphatic rings.